The van der Waals surface area contributed by atoms with Gasteiger partial charge in [-0.05, 0) is 0 Å². The van der Waals surface area contributed by atoms with Crippen molar-refractivity contribution in [3.63, 3.8) is 0 Å². The molecule has 1 unspecified atom stereocenters. The van der Waals surface area contributed by atoms with Gasteiger partial charge < -0.3 is 70.7 Å². The van der Waals surface area contributed by atoms with Gasteiger partial charge >= 0.3 is 135 Å². The fourth-order valence-corrected chi connectivity index (χ4v) is 2.38. The first-order chi connectivity index (χ1) is 9.15. The van der Waals surface area contributed by atoms with Gasteiger partial charge in [-0.15, -0.1) is 0 Å². The summed E-state index contributed by atoms with van der Waals surface area (Å²) < 4.78 is 43.6. The van der Waals surface area contributed by atoms with Gasteiger partial charge in [0.1, 0.15) is 0 Å². The Morgan fingerprint density at radius 2 is 0.926 bits per heavy atom. The Morgan fingerprint density at radius 1 is 0.741 bits per heavy atom. The standard InChI is InChI=1S/Cu.2K.NO3.H3N.2H4O7P2.H2O/c;;;2-1(3)4;;2*1-8(2,3)7-9(4,5)6;/h;;;;1H3;2*(H2,1,2,3)(H2,4,5,6);1H2/q+2;2*+1;-1;;;;/p-3. The van der Waals surface area contributed by atoms with E-state index in [-0.39, 0.29) is 131 Å². The Balaban J connectivity index is -0.0000000323. The molecule has 27 heteroatoms. The minimum atomic E-state index is -5.61. The van der Waals surface area contributed by atoms with Crippen LogP contribution in [0, 0.1) is 15.3 Å². The Labute approximate surface area is 245 Å². The van der Waals surface area contributed by atoms with Crippen LogP contribution in [-0.2, 0) is 44.0 Å². The molecule has 0 aromatic carbocycles. The number of hydrogen-bond acceptors (Lipinski definition) is 13. The van der Waals surface area contributed by atoms with Crippen LogP contribution >= 0.6 is 31.3 Å². The molecular weight excluding hydrogens is 582 g/mol. The van der Waals surface area contributed by atoms with E-state index in [0.717, 1.165) is 0 Å². The average Bonchev–Trinajstić information content (AvgIpc) is 1.84. The average molecular weight is 592 g/mol. The summed E-state index contributed by atoms with van der Waals surface area (Å²) in [5.74, 6) is 0. The van der Waals surface area contributed by atoms with Gasteiger partial charge in [-0.25, -0.2) is 9.13 Å². The number of phosphoric acid groups is 4. The Morgan fingerprint density at radius 3 is 0.926 bits per heavy atom. The van der Waals surface area contributed by atoms with Crippen molar-refractivity contribution in [1.82, 2.24) is 6.15 Å². The largest absolute Gasteiger partial charge is 2.00 e. The van der Waals surface area contributed by atoms with Gasteiger partial charge in [0.15, 0.2) is 0 Å². The summed E-state index contributed by atoms with van der Waals surface area (Å²) in [7, 11) is -21.1. The predicted molar refractivity (Wildman–Crippen MR) is 62.0 cm³/mol. The van der Waals surface area contributed by atoms with E-state index in [4.69, 9.17) is 39.8 Å². The molecule has 0 aromatic rings. The topological polar surface area (TPSA) is 390 Å². The van der Waals surface area contributed by atoms with Gasteiger partial charge in [-0.2, -0.15) is 4.31 Å². The minimum absolute atomic E-state index is 0. The third-order valence-corrected chi connectivity index (χ3v) is 3.74. The van der Waals surface area contributed by atoms with E-state index in [1.165, 1.54) is 0 Å². The van der Waals surface area contributed by atoms with E-state index < -0.39 is 36.4 Å². The van der Waals surface area contributed by atoms with Crippen molar-refractivity contribution in [2.45, 2.75) is 0 Å². The minimum Gasteiger partial charge on any atom is -0.870 e. The second kappa shape index (κ2) is 22.6. The molecule has 0 rings (SSSR count). The number of hydrogen-bond donors (Lipinski definition) is 6. The van der Waals surface area contributed by atoms with Gasteiger partial charge in [-0.3, -0.25) is 8.88 Å². The molecule has 0 aromatic heterocycles. The van der Waals surface area contributed by atoms with Crippen molar-refractivity contribution in [1.29, 1.82) is 0 Å². The maximum absolute atomic E-state index is 9.63. The molecular formula is H10CuK2N2O18P4. The second-order valence-electron chi connectivity index (χ2n) is 2.28. The second-order valence-corrected chi connectivity index (χ2v) is 7.38. The molecule has 20 nitrogen and oxygen atoms in total. The van der Waals surface area contributed by atoms with Crippen molar-refractivity contribution in [3.05, 3.63) is 15.3 Å². The third kappa shape index (κ3) is 93.0. The number of quaternary nitrogens is 1. The van der Waals surface area contributed by atoms with Crippen LogP contribution in [0.3, 0.4) is 0 Å². The molecule has 161 valence electrons. The van der Waals surface area contributed by atoms with Crippen LogP contribution in [0.2, 0.25) is 0 Å². The summed E-state index contributed by atoms with van der Waals surface area (Å²) in [5, 5.41) is 14.8. The van der Waals surface area contributed by atoms with Gasteiger partial charge in [0, 0.05) is 0 Å². The summed E-state index contributed by atoms with van der Waals surface area (Å²) in [6.07, 6.45) is 0. The van der Waals surface area contributed by atoms with E-state index in [1.807, 2.05) is 0 Å². The molecule has 0 heterocycles. The zero-order chi connectivity index (χ0) is 19.0. The van der Waals surface area contributed by atoms with Crippen LogP contribution in [0.15, 0.2) is 0 Å². The molecule has 0 aliphatic heterocycles. The van der Waals surface area contributed by atoms with Crippen molar-refractivity contribution >= 4 is 31.3 Å². The molecule has 0 aliphatic carbocycles. The van der Waals surface area contributed by atoms with Crippen LogP contribution in [0.1, 0.15) is 0 Å². The van der Waals surface area contributed by atoms with Gasteiger partial charge in [0.25, 0.3) is 7.82 Å². The number of nitrogens with zero attached hydrogens (tertiary/aromatic N) is 1. The van der Waals surface area contributed by atoms with Crippen LogP contribution in [0.5, 0.6) is 0 Å². The first-order valence-corrected chi connectivity index (χ1v) is 9.57. The monoisotopic (exact) mass is 591 g/mol. The van der Waals surface area contributed by atoms with Crippen LogP contribution < -0.4 is 124 Å². The SMILES string of the molecule is O=P(O)(O)OP(=O)(O)O.O=P([O-])([O-])OP(=O)([O-])O.O=[N+]([O-])[O-].[Cu+2].[K+].[K+].[NH4+].[OH-]. The molecule has 0 bridgehead atoms. The van der Waals surface area contributed by atoms with Crippen LogP contribution in [0.25, 0.3) is 0 Å². The molecule has 0 spiro atoms. The predicted octanol–water partition coefficient (Wildman–Crippen LogP) is -9.55. The zero-order valence-corrected chi connectivity index (χ0v) is 23.9. The normalized spacial score (nSPS) is 11.9. The molecule has 1 atom stereocenters. The summed E-state index contributed by atoms with van der Waals surface area (Å²) in [6, 6.07) is 0. The first-order valence-electron chi connectivity index (χ1n) is 3.56. The Hall–Kier alpha value is 3.43. The summed E-state index contributed by atoms with van der Waals surface area (Å²) >= 11 is 0. The maximum Gasteiger partial charge on any atom is 2.00 e. The molecule has 1 radical (unpaired) electrons. The van der Waals surface area contributed by atoms with Gasteiger partial charge in [0.2, 0.25) is 0 Å². The van der Waals surface area contributed by atoms with Crippen molar-refractivity contribution in [3.8, 4) is 0 Å². The summed E-state index contributed by atoms with van der Waals surface area (Å²) in [5.41, 5.74) is 0. The van der Waals surface area contributed by atoms with Gasteiger partial charge in [-0.1, -0.05) is 0 Å². The molecule has 27 heavy (non-hydrogen) atoms. The molecule has 0 fully saturated rings. The quantitative estimate of drug-likeness (QED) is 0.0764. The van der Waals surface area contributed by atoms with E-state index in [1.54, 1.807) is 0 Å². The van der Waals surface area contributed by atoms with Gasteiger partial charge in [0.05, 0.1) is 12.9 Å². The third-order valence-electron chi connectivity index (χ3n) is 0.416. The van der Waals surface area contributed by atoms with E-state index in [2.05, 4.69) is 8.62 Å². The smallest absolute Gasteiger partial charge is 0.870 e. The fraction of sp³-hybridized carbons (Fsp3) is 0. The van der Waals surface area contributed by atoms with Crippen molar-refractivity contribution in [2.24, 2.45) is 0 Å². The Bertz CT molecular complexity index is 439. The van der Waals surface area contributed by atoms with E-state index >= 15 is 0 Å². The number of rotatable bonds is 4. The van der Waals surface area contributed by atoms with E-state index in [9.17, 15) is 32.9 Å². The molecule has 0 saturated heterocycles. The van der Waals surface area contributed by atoms with E-state index in [0.29, 0.717) is 0 Å². The summed E-state index contributed by atoms with van der Waals surface area (Å²) in [6.45, 7) is 0. The molecule has 0 saturated carbocycles. The van der Waals surface area contributed by atoms with Crippen LogP contribution in [-0.4, -0.2) is 35.0 Å². The molecule has 0 amide bonds. The first kappa shape index (κ1) is 52.4. The zero-order valence-electron chi connectivity index (χ0n) is 13.1. The fourth-order valence-electron chi connectivity index (χ4n) is 0.265. The molecule has 10 N–H and O–H groups in total. The van der Waals surface area contributed by atoms with Crippen molar-refractivity contribution < 1.29 is 196 Å². The maximum atomic E-state index is 9.63. The Kier molecular flexibility index (Phi) is 43.9. The molecule has 0 aliphatic rings. The van der Waals surface area contributed by atoms with Crippen LogP contribution in [0.4, 0.5) is 0 Å². The summed E-state index contributed by atoms with van der Waals surface area (Å²) in [4.78, 5) is 75.0. The van der Waals surface area contributed by atoms with Crippen molar-refractivity contribution in [2.75, 3.05) is 0 Å².